The highest BCUT2D eigenvalue weighted by Crippen LogP contribution is 2.21. The smallest absolute Gasteiger partial charge is 0.245 e. The second-order valence-electron chi connectivity index (χ2n) is 4.50. The maximum atomic E-state index is 11.9. The van der Waals surface area contributed by atoms with Crippen LogP contribution in [0.4, 0.5) is 5.13 Å². The Morgan fingerprint density at radius 2 is 2.17 bits per heavy atom. The Balaban J connectivity index is 0.00000289. The average molecular weight is 292 g/mol. The zero-order valence-corrected chi connectivity index (χ0v) is 12.8. The van der Waals surface area contributed by atoms with Crippen molar-refractivity contribution in [1.82, 2.24) is 4.98 Å². The van der Waals surface area contributed by atoms with Gasteiger partial charge < -0.3 is 11.1 Å². The van der Waals surface area contributed by atoms with Gasteiger partial charge in [-0.1, -0.05) is 26.7 Å². The van der Waals surface area contributed by atoms with Crippen LogP contribution in [0.15, 0.2) is 6.20 Å². The number of carbonyl (C=O) groups is 1. The largest absolute Gasteiger partial charge is 0.318 e. The van der Waals surface area contributed by atoms with Gasteiger partial charge in [0.15, 0.2) is 5.13 Å². The predicted molar refractivity (Wildman–Crippen MR) is 79.5 cm³/mol. The summed E-state index contributed by atoms with van der Waals surface area (Å²) in [6.07, 6.45) is 5.46. The lowest BCUT2D eigenvalue weighted by molar-refractivity contribution is -0.120. The molecule has 3 N–H and O–H groups in total. The molecule has 4 nitrogen and oxygen atoms in total. The molecule has 18 heavy (non-hydrogen) atoms. The number of carbonyl (C=O) groups excluding carboxylic acids is 1. The number of hydrogen-bond acceptors (Lipinski definition) is 4. The van der Waals surface area contributed by atoms with Gasteiger partial charge in [-0.3, -0.25) is 4.79 Å². The number of amides is 1. The summed E-state index contributed by atoms with van der Waals surface area (Å²) < 4.78 is 0. The molecule has 0 bridgehead atoms. The molecular weight excluding hydrogens is 270 g/mol. The normalized spacial score (nSPS) is 13.6. The molecule has 104 valence electrons. The average Bonchev–Trinajstić information content (AvgIpc) is 2.66. The first kappa shape index (κ1) is 17.4. The lowest BCUT2D eigenvalue weighted by Gasteiger charge is -2.21. The maximum Gasteiger partial charge on any atom is 0.245 e. The van der Waals surface area contributed by atoms with Crippen molar-refractivity contribution in [3.05, 3.63) is 11.1 Å². The number of aryl methyl sites for hydroxylation is 1. The molecule has 0 aliphatic carbocycles. The molecule has 0 radical (unpaired) electrons. The quantitative estimate of drug-likeness (QED) is 0.847. The van der Waals surface area contributed by atoms with E-state index >= 15 is 0 Å². The summed E-state index contributed by atoms with van der Waals surface area (Å²) >= 11 is 1.52. The third kappa shape index (κ3) is 4.92. The van der Waals surface area contributed by atoms with Gasteiger partial charge in [0.2, 0.25) is 5.91 Å². The van der Waals surface area contributed by atoms with Crippen LogP contribution >= 0.6 is 23.7 Å². The molecule has 0 aliphatic rings. The van der Waals surface area contributed by atoms with Crippen LogP contribution in [0.2, 0.25) is 0 Å². The number of nitrogens with zero attached hydrogens (tertiary/aromatic N) is 1. The van der Waals surface area contributed by atoms with Crippen LogP contribution in [-0.2, 0) is 11.2 Å². The highest BCUT2D eigenvalue weighted by atomic mass is 35.5. The van der Waals surface area contributed by atoms with E-state index in [1.54, 1.807) is 6.92 Å². The Morgan fingerprint density at radius 1 is 1.50 bits per heavy atom. The van der Waals surface area contributed by atoms with E-state index in [-0.39, 0.29) is 18.3 Å². The third-order valence-corrected chi connectivity index (χ3v) is 3.53. The lowest BCUT2D eigenvalue weighted by atomic mass is 9.97. The second-order valence-corrected chi connectivity index (χ2v) is 5.62. The highest BCUT2D eigenvalue weighted by Gasteiger charge is 2.27. The third-order valence-electron chi connectivity index (χ3n) is 2.56. The Labute approximate surface area is 119 Å². The van der Waals surface area contributed by atoms with Crippen molar-refractivity contribution in [2.24, 2.45) is 5.73 Å². The Morgan fingerprint density at radius 3 is 2.72 bits per heavy atom. The molecule has 0 fully saturated rings. The van der Waals surface area contributed by atoms with E-state index in [1.165, 1.54) is 16.2 Å². The van der Waals surface area contributed by atoms with Gasteiger partial charge >= 0.3 is 0 Å². The molecule has 1 amide bonds. The summed E-state index contributed by atoms with van der Waals surface area (Å²) in [7, 11) is 0. The van der Waals surface area contributed by atoms with Crippen LogP contribution in [0.25, 0.3) is 0 Å². The number of nitrogens with one attached hydrogen (secondary N) is 1. The zero-order valence-electron chi connectivity index (χ0n) is 11.2. The molecule has 1 aromatic rings. The molecule has 1 atom stereocenters. The van der Waals surface area contributed by atoms with Crippen LogP contribution in [0.5, 0.6) is 0 Å². The van der Waals surface area contributed by atoms with E-state index in [9.17, 15) is 4.79 Å². The van der Waals surface area contributed by atoms with Crippen molar-refractivity contribution in [1.29, 1.82) is 0 Å². The van der Waals surface area contributed by atoms with Gasteiger partial charge in [0, 0.05) is 11.1 Å². The van der Waals surface area contributed by atoms with E-state index in [0.29, 0.717) is 11.6 Å². The van der Waals surface area contributed by atoms with E-state index in [0.717, 1.165) is 19.3 Å². The van der Waals surface area contributed by atoms with Crippen LogP contribution in [0, 0.1) is 0 Å². The number of halogens is 1. The summed E-state index contributed by atoms with van der Waals surface area (Å²) in [6.45, 7) is 5.89. The fourth-order valence-corrected chi connectivity index (χ4v) is 2.51. The van der Waals surface area contributed by atoms with Crippen molar-refractivity contribution < 1.29 is 4.79 Å². The van der Waals surface area contributed by atoms with Crippen molar-refractivity contribution in [3.63, 3.8) is 0 Å². The molecule has 1 heterocycles. The second kappa shape index (κ2) is 7.71. The Bertz CT molecular complexity index is 379. The molecule has 0 spiro atoms. The van der Waals surface area contributed by atoms with Crippen LogP contribution in [-0.4, -0.2) is 16.4 Å². The first-order valence-electron chi connectivity index (χ1n) is 6.04. The number of hydrogen-bond donors (Lipinski definition) is 2. The monoisotopic (exact) mass is 291 g/mol. The molecule has 0 aromatic carbocycles. The predicted octanol–water partition coefficient (Wildman–Crippen LogP) is 2.97. The lowest BCUT2D eigenvalue weighted by Crippen LogP contribution is -2.48. The van der Waals surface area contributed by atoms with Gasteiger partial charge in [-0.2, -0.15) is 0 Å². The van der Waals surface area contributed by atoms with Crippen molar-refractivity contribution >= 4 is 34.8 Å². The van der Waals surface area contributed by atoms with Crippen molar-refractivity contribution in [2.45, 2.75) is 52.0 Å². The molecule has 0 aliphatic heterocycles. The first-order chi connectivity index (χ1) is 7.99. The van der Waals surface area contributed by atoms with Gasteiger partial charge in [-0.25, -0.2) is 4.98 Å². The van der Waals surface area contributed by atoms with Gasteiger partial charge in [-0.15, -0.1) is 23.7 Å². The number of rotatable bonds is 6. The Hall–Kier alpha value is -0.650. The van der Waals surface area contributed by atoms with Crippen LogP contribution in [0.3, 0.4) is 0 Å². The summed E-state index contributed by atoms with van der Waals surface area (Å²) in [5, 5.41) is 3.43. The van der Waals surface area contributed by atoms with Crippen LogP contribution < -0.4 is 11.1 Å². The molecule has 0 saturated heterocycles. The van der Waals surface area contributed by atoms with E-state index < -0.39 is 5.54 Å². The van der Waals surface area contributed by atoms with E-state index in [1.807, 2.05) is 13.1 Å². The number of thiazole rings is 1. The highest BCUT2D eigenvalue weighted by molar-refractivity contribution is 7.15. The fourth-order valence-electron chi connectivity index (χ4n) is 1.60. The molecule has 1 rings (SSSR count). The van der Waals surface area contributed by atoms with E-state index in [4.69, 9.17) is 5.73 Å². The molecule has 6 heteroatoms. The van der Waals surface area contributed by atoms with Gasteiger partial charge in [0.25, 0.3) is 0 Å². The Kier molecular flexibility index (Phi) is 7.43. The molecule has 0 saturated carbocycles. The summed E-state index contributed by atoms with van der Waals surface area (Å²) in [5.74, 6) is -0.156. The minimum atomic E-state index is -0.814. The number of anilines is 1. The fraction of sp³-hybridized carbons (Fsp3) is 0.667. The summed E-state index contributed by atoms with van der Waals surface area (Å²) in [5.41, 5.74) is 5.13. The number of aromatic nitrogens is 1. The number of nitrogens with two attached hydrogens (primary N) is 1. The van der Waals surface area contributed by atoms with Crippen molar-refractivity contribution in [3.8, 4) is 0 Å². The molecule has 1 aromatic heterocycles. The standard InChI is InChI=1S/C12H21N3OS.ClH/c1-4-6-9-8-14-11(17-9)15-10(16)12(3,13)7-5-2;/h8H,4-7,13H2,1-3H3,(H,14,15,16);1H. The van der Waals surface area contributed by atoms with Crippen molar-refractivity contribution in [2.75, 3.05) is 5.32 Å². The summed E-state index contributed by atoms with van der Waals surface area (Å²) in [4.78, 5) is 17.3. The molecular formula is C12H22ClN3OS. The SMILES string of the molecule is CCCc1cnc(NC(=O)C(C)(N)CCC)s1.Cl. The minimum Gasteiger partial charge on any atom is -0.318 e. The summed E-state index contributed by atoms with van der Waals surface area (Å²) in [6, 6.07) is 0. The first-order valence-corrected chi connectivity index (χ1v) is 6.86. The zero-order chi connectivity index (χ0) is 12.9. The maximum absolute atomic E-state index is 11.9. The minimum absolute atomic E-state index is 0. The van der Waals surface area contributed by atoms with Gasteiger partial charge in [0.05, 0.1) is 5.54 Å². The van der Waals surface area contributed by atoms with Gasteiger partial charge in [-0.05, 0) is 19.8 Å². The van der Waals surface area contributed by atoms with Crippen LogP contribution in [0.1, 0.15) is 44.9 Å². The molecule has 1 unspecified atom stereocenters. The van der Waals surface area contributed by atoms with E-state index in [2.05, 4.69) is 17.2 Å². The van der Waals surface area contributed by atoms with Gasteiger partial charge in [0.1, 0.15) is 0 Å². The topological polar surface area (TPSA) is 68.0 Å².